The van der Waals surface area contributed by atoms with E-state index in [1.54, 1.807) is 13.8 Å². The van der Waals surface area contributed by atoms with Crippen molar-refractivity contribution >= 4 is 11.7 Å². The Bertz CT molecular complexity index is 265. The van der Waals surface area contributed by atoms with E-state index >= 15 is 0 Å². The number of ether oxygens (including phenoxy) is 1. The molecule has 3 atom stereocenters. The Morgan fingerprint density at radius 3 is 2.69 bits per heavy atom. The molecule has 0 aliphatic carbocycles. The van der Waals surface area contributed by atoms with Crippen molar-refractivity contribution in [1.29, 1.82) is 0 Å². The van der Waals surface area contributed by atoms with Gasteiger partial charge in [-0.15, -0.1) is 0 Å². The molecule has 0 aromatic heterocycles. The van der Waals surface area contributed by atoms with Gasteiger partial charge in [-0.1, -0.05) is 13.8 Å². The molecule has 0 bridgehead atoms. The molecule has 1 heterocycles. The Labute approximate surface area is 96.7 Å². The number of nitrogens with one attached hydrogen (secondary N) is 1. The van der Waals surface area contributed by atoms with Crippen LogP contribution in [-0.4, -0.2) is 30.4 Å². The molecule has 92 valence electrons. The predicted molar refractivity (Wildman–Crippen MR) is 61.0 cm³/mol. The molecule has 0 saturated carbocycles. The van der Waals surface area contributed by atoms with Crippen molar-refractivity contribution in [3.05, 3.63) is 0 Å². The van der Waals surface area contributed by atoms with Crippen LogP contribution in [0.1, 0.15) is 40.0 Å². The monoisotopic (exact) mass is 227 g/mol. The van der Waals surface area contributed by atoms with Crippen LogP contribution in [0, 0.1) is 5.92 Å². The zero-order valence-corrected chi connectivity index (χ0v) is 10.3. The number of Topliss-reactive ketones (excluding diaryl/α,β-unsaturated/α-hetero) is 1. The summed E-state index contributed by atoms with van der Waals surface area (Å²) in [6.45, 7) is 6.20. The van der Waals surface area contributed by atoms with E-state index in [0.29, 0.717) is 13.0 Å². The van der Waals surface area contributed by atoms with Gasteiger partial charge in [0.1, 0.15) is 0 Å². The summed E-state index contributed by atoms with van der Waals surface area (Å²) in [5.74, 6) is -0.0592. The molecule has 1 fully saturated rings. The summed E-state index contributed by atoms with van der Waals surface area (Å²) in [5.41, 5.74) is 0. The number of hydrogen-bond acceptors (Lipinski definition) is 3. The SMILES string of the molecule is CCC(=O)C(C)NC(=O)C1CCOC1CC. The molecule has 1 saturated heterocycles. The van der Waals surface area contributed by atoms with Crippen LogP contribution in [-0.2, 0) is 14.3 Å². The first kappa shape index (κ1) is 13.2. The summed E-state index contributed by atoms with van der Waals surface area (Å²) < 4.78 is 5.46. The van der Waals surface area contributed by atoms with Crippen LogP contribution in [0.4, 0.5) is 0 Å². The Balaban J connectivity index is 2.48. The minimum absolute atomic E-state index is 0.0175. The molecule has 16 heavy (non-hydrogen) atoms. The molecule has 1 aliphatic heterocycles. The van der Waals surface area contributed by atoms with Crippen molar-refractivity contribution in [3.63, 3.8) is 0 Å². The Morgan fingerprint density at radius 2 is 2.12 bits per heavy atom. The third-order valence-electron chi connectivity index (χ3n) is 3.14. The van der Waals surface area contributed by atoms with Crippen LogP contribution in [0.3, 0.4) is 0 Å². The van der Waals surface area contributed by atoms with Crippen LogP contribution in [0.5, 0.6) is 0 Å². The second kappa shape index (κ2) is 5.99. The van der Waals surface area contributed by atoms with Crippen molar-refractivity contribution in [2.24, 2.45) is 5.92 Å². The molecule has 4 nitrogen and oxygen atoms in total. The molecule has 1 rings (SSSR count). The topological polar surface area (TPSA) is 55.4 Å². The number of hydrogen-bond donors (Lipinski definition) is 1. The van der Waals surface area contributed by atoms with E-state index in [0.717, 1.165) is 12.8 Å². The summed E-state index contributed by atoms with van der Waals surface area (Å²) in [5, 5.41) is 2.77. The van der Waals surface area contributed by atoms with E-state index in [1.807, 2.05) is 6.92 Å². The van der Waals surface area contributed by atoms with Crippen molar-refractivity contribution in [2.75, 3.05) is 6.61 Å². The highest BCUT2D eigenvalue weighted by atomic mass is 16.5. The Hall–Kier alpha value is -0.900. The zero-order valence-electron chi connectivity index (χ0n) is 10.3. The number of carbonyl (C=O) groups excluding carboxylic acids is 2. The highest BCUT2D eigenvalue weighted by molar-refractivity contribution is 5.89. The second-order valence-corrected chi connectivity index (χ2v) is 4.26. The van der Waals surface area contributed by atoms with Gasteiger partial charge in [-0.25, -0.2) is 0 Å². The van der Waals surface area contributed by atoms with Gasteiger partial charge >= 0.3 is 0 Å². The number of carbonyl (C=O) groups is 2. The first-order valence-electron chi connectivity index (χ1n) is 6.04. The normalized spacial score (nSPS) is 26.4. The molecular formula is C12H21NO3. The number of amides is 1. The highest BCUT2D eigenvalue weighted by Crippen LogP contribution is 2.23. The predicted octanol–water partition coefficient (Wildman–Crippen LogP) is 1.29. The quantitative estimate of drug-likeness (QED) is 0.770. The Kier molecular flexibility index (Phi) is 4.93. The summed E-state index contributed by atoms with van der Waals surface area (Å²) in [4.78, 5) is 23.3. The van der Waals surface area contributed by atoms with E-state index in [-0.39, 0.29) is 29.8 Å². The minimum Gasteiger partial charge on any atom is -0.377 e. The maximum Gasteiger partial charge on any atom is 0.226 e. The summed E-state index contributed by atoms with van der Waals surface area (Å²) >= 11 is 0. The fourth-order valence-electron chi connectivity index (χ4n) is 2.06. The van der Waals surface area contributed by atoms with Crippen LogP contribution in [0.25, 0.3) is 0 Å². The Morgan fingerprint density at radius 1 is 1.44 bits per heavy atom. The van der Waals surface area contributed by atoms with Gasteiger partial charge in [0.05, 0.1) is 18.1 Å². The lowest BCUT2D eigenvalue weighted by Gasteiger charge is -2.19. The van der Waals surface area contributed by atoms with Crippen molar-refractivity contribution in [2.45, 2.75) is 52.2 Å². The van der Waals surface area contributed by atoms with Crippen LogP contribution < -0.4 is 5.32 Å². The average molecular weight is 227 g/mol. The number of ketones is 1. The molecule has 0 aromatic carbocycles. The second-order valence-electron chi connectivity index (χ2n) is 4.26. The van der Waals surface area contributed by atoms with Gasteiger partial charge in [0.2, 0.25) is 5.91 Å². The lowest BCUT2D eigenvalue weighted by molar-refractivity contribution is -0.131. The zero-order chi connectivity index (χ0) is 12.1. The van der Waals surface area contributed by atoms with Gasteiger partial charge in [-0.3, -0.25) is 9.59 Å². The summed E-state index contributed by atoms with van der Waals surface area (Å²) in [7, 11) is 0. The minimum atomic E-state index is -0.379. The molecule has 1 amide bonds. The molecule has 0 aromatic rings. The highest BCUT2D eigenvalue weighted by Gasteiger charge is 2.33. The average Bonchev–Trinajstić information content (AvgIpc) is 2.75. The molecule has 4 heteroatoms. The third kappa shape index (κ3) is 3.04. The first-order chi connectivity index (χ1) is 7.60. The molecule has 0 radical (unpaired) electrons. The summed E-state index contributed by atoms with van der Waals surface area (Å²) in [6, 6.07) is -0.379. The van der Waals surface area contributed by atoms with Crippen molar-refractivity contribution < 1.29 is 14.3 Å². The number of rotatable bonds is 5. The standard InChI is InChI=1S/C12H21NO3/c1-4-10(14)8(3)13-12(15)9-6-7-16-11(9)5-2/h8-9,11H,4-7H2,1-3H3,(H,13,15). The third-order valence-corrected chi connectivity index (χ3v) is 3.14. The molecular weight excluding hydrogens is 206 g/mol. The van der Waals surface area contributed by atoms with Gasteiger partial charge in [-0.2, -0.15) is 0 Å². The van der Waals surface area contributed by atoms with Gasteiger partial charge in [-0.05, 0) is 19.8 Å². The maximum absolute atomic E-state index is 11.9. The molecule has 0 spiro atoms. The van der Waals surface area contributed by atoms with Crippen LogP contribution in [0.15, 0.2) is 0 Å². The van der Waals surface area contributed by atoms with Gasteiger partial charge in [0, 0.05) is 13.0 Å². The van der Waals surface area contributed by atoms with Crippen LogP contribution in [0.2, 0.25) is 0 Å². The summed E-state index contributed by atoms with van der Waals surface area (Å²) in [6.07, 6.45) is 2.08. The van der Waals surface area contributed by atoms with Gasteiger partial charge in [0.15, 0.2) is 5.78 Å². The first-order valence-corrected chi connectivity index (χ1v) is 6.04. The lowest BCUT2D eigenvalue weighted by Crippen LogP contribution is -2.43. The van der Waals surface area contributed by atoms with E-state index in [2.05, 4.69) is 5.32 Å². The van der Waals surface area contributed by atoms with Crippen LogP contribution >= 0.6 is 0 Å². The smallest absolute Gasteiger partial charge is 0.226 e. The van der Waals surface area contributed by atoms with E-state index in [9.17, 15) is 9.59 Å². The van der Waals surface area contributed by atoms with E-state index < -0.39 is 0 Å². The van der Waals surface area contributed by atoms with Crippen molar-refractivity contribution in [3.8, 4) is 0 Å². The molecule has 3 unspecified atom stereocenters. The molecule has 1 aliphatic rings. The van der Waals surface area contributed by atoms with Gasteiger partial charge < -0.3 is 10.1 Å². The van der Waals surface area contributed by atoms with Crippen molar-refractivity contribution in [1.82, 2.24) is 5.32 Å². The maximum atomic E-state index is 11.9. The van der Waals surface area contributed by atoms with E-state index in [4.69, 9.17) is 4.74 Å². The lowest BCUT2D eigenvalue weighted by atomic mass is 9.98. The van der Waals surface area contributed by atoms with E-state index in [1.165, 1.54) is 0 Å². The molecule has 1 N–H and O–H groups in total. The fourth-order valence-corrected chi connectivity index (χ4v) is 2.06. The fraction of sp³-hybridized carbons (Fsp3) is 0.833. The largest absolute Gasteiger partial charge is 0.377 e. The van der Waals surface area contributed by atoms with Gasteiger partial charge in [0.25, 0.3) is 0 Å².